The molecule has 0 saturated heterocycles. The van der Waals surface area contributed by atoms with Crippen LogP contribution in [0.1, 0.15) is 30.4 Å². The fourth-order valence-corrected chi connectivity index (χ4v) is 3.60. The summed E-state index contributed by atoms with van der Waals surface area (Å²) >= 11 is 0. The van der Waals surface area contributed by atoms with Crippen molar-refractivity contribution in [3.05, 3.63) is 35.1 Å². The van der Waals surface area contributed by atoms with Crippen molar-refractivity contribution in [3.63, 3.8) is 0 Å². The van der Waals surface area contributed by atoms with Gasteiger partial charge in [0.1, 0.15) is 5.82 Å². The molecule has 1 aromatic carbocycles. The molecule has 2 aliphatic carbocycles. The number of hydrogen-bond donors (Lipinski definition) is 1. The molecule has 0 aromatic heterocycles. The molecule has 0 amide bonds. The van der Waals surface area contributed by atoms with Crippen LogP contribution in [0.15, 0.2) is 18.2 Å². The number of rotatable bonds is 3. The minimum Gasteiger partial charge on any atom is -0.396 e. The van der Waals surface area contributed by atoms with Crippen molar-refractivity contribution in [1.29, 1.82) is 0 Å². The highest BCUT2D eigenvalue weighted by atomic mass is 19.1. The Bertz CT molecular complexity index is 431. The highest BCUT2D eigenvalue weighted by Crippen LogP contribution is 2.60. The first-order valence-corrected chi connectivity index (χ1v) is 6.48. The fourth-order valence-electron chi connectivity index (χ4n) is 3.60. The van der Waals surface area contributed by atoms with E-state index in [1.54, 1.807) is 6.07 Å². The maximum atomic E-state index is 13.1. The lowest BCUT2D eigenvalue weighted by Crippen LogP contribution is -2.26. The first-order valence-electron chi connectivity index (χ1n) is 6.48. The minimum atomic E-state index is -0.168. The van der Waals surface area contributed by atoms with Crippen LogP contribution < -0.4 is 0 Å². The van der Waals surface area contributed by atoms with Gasteiger partial charge in [0, 0.05) is 6.61 Å². The Morgan fingerprint density at radius 2 is 2.06 bits per heavy atom. The van der Waals surface area contributed by atoms with Gasteiger partial charge in [0.15, 0.2) is 0 Å². The lowest BCUT2D eigenvalue weighted by atomic mass is 9.77. The molecule has 2 fully saturated rings. The number of hydrogen-bond acceptors (Lipinski definition) is 1. The molecule has 1 aromatic rings. The van der Waals surface area contributed by atoms with Crippen molar-refractivity contribution in [3.8, 4) is 0 Å². The lowest BCUT2D eigenvalue weighted by Gasteiger charge is -2.29. The normalized spacial score (nSPS) is 34.8. The van der Waals surface area contributed by atoms with Gasteiger partial charge in [0.2, 0.25) is 0 Å². The van der Waals surface area contributed by atoms with Gasteiger partial charge in [-0.3, -0.25) is 0 Å². The van der Waals surface area contributed by atoms with Crippen LogP contribution in [0.2, 0.25) is 0 Å². The Hall–Kier alpha value is -0.890. The zero-order valence-corrected chi connectivity index (χ0v) is 10.2. The first-order chi connectivity index (χ1) is 8.12. The first kappa shape index (κ1) is 11.2. The van der Waals surface area contributed by atoms with Gasteiger partial charge in [-0.05, 0) is 73.1 Å². The van der Waals surface area contributed by atoms with E-state index in [4.69, 9.17) is 0 Å². The summed E-state index contributed by atoms with van der Waals surface area (Å²) in [4.78, 5) is 0. The molecule has 92 valence electrons. The van der Waals surface area contributed by atoms with E-state index in [0.717, 1.165) is 36.7 Å². The smallest absolute Gasteiger partial charge is 0.123 e. The summed E-state index contributed by atoms with van der Waals surface area (Å²) in [5, 5.41) is 9.69. The number of halogens is 1. The van der Waals surface area contributed by atoms with E-state index in [1.165, 1.54) is 18.1 Å². The van der Waals surface area contributed by atoms with Crippen LogP contribution in [-0.4, -0.2) is 11.7 Å². The molecule has 3 rings (SSSR count). The van der Waals surface area contributed by atoms with Crippen LogP contribution >= 0.6 is 0 Å². The largest absolute Gasteiger partial charge is 0.396 e. The van der Waals surface area contributed by atoms with Crippen molar-refractivity contribution in [1.82, 2.24) is 0 Å². The zero-order valence-electron chi connectivity index (χ0n) is 10.2. The standard InChI is InChI=1S/C15H19FO/c1-10-4-14(16)3-2-11(10)6-15(9-17)7-12-5-13(12)8-15/h2-4,12-13,17H,5-9H2,1H3. The Labute approximate surface area is 102 Å². The van der Waals surface area contributed by atoms with E-state index in [-0.39, 0.29) is 17.8 Å². The van der Waals surface area contributed by atoms with Crippen LogP contribution in [0.25, 0.3) is 0 Å². The summed E-state index contributed by atoms with van der Waals surface area (Å²) in [6, 6.07) is 5.01. The molecule has 2 heteroatoms. The molecular weight excluding hydrogens is 215 g/mol. The zero-order chi connectivity index (χ0) is 12.0. The van der Waals surface area contributed by atoms with E-state index < -0.39 is 0 Å². The molecule has 2 atom stereocenters. The molecule has 0 aliphatic heterocycles. The molecule has 2 aliphatic rings. The van der Waals surface area contributed by atoms with E-state index in [0.29, 0.717) is 0 Å². The van der Waals surface area contributed by atoms with Gasteiger partial charge in [0.05, 0.1) is 0 Å². The Kier molecular flexibility index (Phi) is 2.51. The topological polar surface area (TPSA) is 20.2 Å². The fraction of sp³-hybridized carbons (Fsp3) is 0.600. The third-order valence-electron chi connectivity index (χ3n) is 4.66. The lowest BCUT2D eigenvalue weighted by molar-refractivity contribution is 0.117. The van der Waals surface area contributed by atoms with E-state index in [2.05, 4.69) is 0 Å². The third kappa shape index (κ3) is 1.99. The molecule has 1 nitrogen and oxygen atoms in total. The number of fused-ring (bicyclic) bond motifs is 1. The SMILES string of the molecule is Cc1cc(F)ccc1CC1(CO)CC2CC2C1. The van der Waals surface area contributed by atoms with Crippen molar-refractivity contribution in [2.24, 2.45) is 17.3 Å². The summed E-state index contributed by atoms with van der Waals surface area (Å²) in [7, 11) is 0. The van der Waals surface area contributed by atoms with Gasteiger partial charge in [-0.1, -0.05) is 6.07 Å². The highest BCUT2D eigenvalue weighted by Gasteiger charge is 2.53. The second-order valence-corrected chi connectivity index (χ2v) is 6.07. The maximum Gasteiger partial charge on any atom is 0.123 e. The van der Waals surface area contributed by atoms with Crippen LogP contribution in [0.3, 0.4) is 0 Å². The summed E-state index contributed by atoms with van der Waals surface area (Å²) in [5.74, 6) is 1.56. The molecule has 2 saturated carbocycles. The molecule has 0 heterocycles. The summed E-state index contributed by atoms with van der Waals surface area (Å²) in [6.45, 7) is 2.23. The van der Waals surface area contributed by atoms with Crippen LogP contribution in [0.4, 0.5) is 4.39 Å². The van der Waals surface area contributed by atoms with Gasteiger partial charge in [-0.25, -0.2) is 4.39 Å². The molecule has 1 N–H and O–H groups in total. The second-order valence-electron chi connectivity index (χ2n) is 6.07. The van der Waals surface area contributed by atoms with Crippen LogP contribution in [0, 0.1) is 30.0 Å². The Morgan fingerprint density at radius 1 is 1.35 bits per heavy atom. The predicted octanol–water partition coefficient (Wildman–Crippen LogP) is 3.09. The van der Waals surface area contributed by atoms with Crippen LogP contribution in [0.5, 0.6) is 0 Å². The second kappa shape index (κ2) is 3.81. The molecule has 17 heavy (non-hydrogen) atoms. The Morgan fingerprint density at radius 3 is 2.65 bits per heavy atom. The highest BCUT2D eigenvalue weighted by molar-refractivity contribution is 5.28. The van der Waals surface area contributed by atoms with Gasteiger partial charge in [0.25, 0.3) is 0 Å². The summed E-state index contributed by atoms with van der Waals surface area (Å²) in [5.41, 5.74) is 2.29. The number of aliphatic hydroxyl groups excluding tert-OH is 1. The molecular formula is C15H19FO. The van der Waals surface area contributed by atoms with Gasteiger partial charge in [-0.15, -0.1) is 0 Å². The predicted molar refractivity (Wildman–Crippen MR) is 65.2 cm³/mol. The summed E-state index contributed by atoms with van der Waals surface area (Å²) in [6.07, 6.45) is 4.59. The Balaban J connectivity index is 1.81. The average molecular weight is 234 g/mol. The molecule has 2 unspecified atom stereocenters. The number of aliphatic hydroxyl groups is 1. The quantitative estimate of drug-likeness (QED) is 0.852. The number of aryl methyl sites for hydroxylation is 1. The molecule has 0 radical (unpaired) electrons. The van der Waals surface area contributed by atoms with Gasteiger partial charge >= 0.3 is 0 Å². The van der Waals surface area contributed by atoms with E-state index in [9.17, 15) is 9.50 Å². The average Bonchev–Trinajstić information content (AvgIpc) is 2.91. The third-order valence-corrected chi connectivity index (χ3v) is 4.66. The molecule has 0 spiro atoms. The number of benzene rings is 1. The monoisotopic (exact) mass is 234 g/mol. The van der Waals surface area contributed by atoms with Crippen molar-refractivity contribution in [2.75, 3.05) is 6.61 Å². The maximum absolute atomic E-state index is 13.1. The summed E-state index contributed by atoms with van der Waals surface area (Å²) < 4.78 is 13.1. The minimum absolute atomic E-state index is 0.0795. The van der Waals surface area contributed by atoms with Gasteiger partial charge < -0.3 is 5.11 Å². The van der Waals surface area contributed by atoms with E-state index in [1.807, 2.05) is 13.0 Å². The van der Waals surface area contributed by atoms with Gasteiger partial charge in [-0.2, -0.15) is 0 Å². The van der Waals surface area contributed by atoms with Crippen molar-refractivity contribution < 1.29 is 9.50 Å². The van der Waals surface area contributed by atoms with Crippen molar-refractivity contribution in [2.45, 2.75) is 32.6 Å². The van der Waals surface area contributed by atoms with E-state index >= 15 is 0 Å². The molecule has 0 bridgehead atoms. The van der Waals surface area contributed by atoms with Crippen molar-refractivity contribution >= 4 is 0 Å². The van der Waals surface area contributed by atoms with Crippen LogP contribution in [-0.2, 0) is 6.42 Å².